The fourth-order valence-corrected chi connectivity index (χ4v) is 4.55. The van der Waals surface area contributed by atoms with Crippen molar-refractivity contribution in [1.82, 2.24) is 5.32 Å². The van der Waals surface area contributed by atoms with Crippen LogP contribution < -0.4 is 16.8 Å². The summed E-state index contributed by atoms with van der Waals surface area (Å²) in [4.78, 5) is 38.9. The molecule has 3 rings (SSSR count). The van der Waals surface area contributed by atoms with Crippen LogP contribution in [0.1, 0.15) is 37.8 Å². The molecule has 0 saturated heterocycles. The molecule has 1 aliphatic carbocycles. The number of aliphatic hydroxyl groups excluding tert-OH is 2. The standard InChI is InChI=1S/C28H37N3O7/c1-17(2)21(26(35)31-20-13-14-20)28(27(30)36,38-16-19-11-7-4-8-12-19)24(33)22(32)23(25(29)34)37-15-18-9-5-3-6-10-18/h3-12,17,20-24,32-33H,13-16H2,1-2H3,(H2,29,34)(H2,30,36)(H,31,35)/t21-,22+,23-,24-,28-/m1/s1. The van der Waals surface area contributed by atoms with Gasteiger partial charge in [0.1, 0.15) is 12.2 Å². The quantitative estimate of drug-likeness (QED) is 0.227. The molecule has 1 aliphatic rings. The SMILES string of the molecule is CC(C)[C@H](C(=O)NC1CC1)[C@](OCc1ccccc1)(C(N)=O)[C@H](O)[C@@H](O)[C@@H](OCc1ccccc1)C(N)=O. The average molecular weight is 528 g/mol. The molecular formula is C28H37N3O7. The number of nitrogens with one attached hydrogen (secondary N) is 1. The molecule has 2 aromatic rings. The zero-order valence-electron chi connectivity index (χ0n) is 21.7. The van der Waals surface area contributed by atoms with Crippen LogP contribution in [0, 0.1) is 11.8 Å². The summed E-state index contributed by atoms with van der Waals surface area (Å²) in [5.41, 5.74) is 10.3. The van der Waals surface area contributed by atoms with E-state index in [0.29, 0.717) is 11.1 Å². The Balaban J connectivity index is 1.99. The molecule has 38 heavy (non-hydrogen) atoms. The van der Waals surface area contributed by atoms with E-state index < -0.39 is 53.5 Å². The predicted octanol–water partition coefficient (Wildman–Crippen LogP) is 0.771. The lowest BCUT2D eigenvalue weighted by Crippen LogP contribution is -2.69. The number of nitrogens with two attached hydrogens (primary N) is 2. The maximum absolute atomic E-state index is 13.4. The Bertz CT molecular complexity index is 1080. The van der Waals surface area contributed by atoms with Crippen LogP contribution in [0.4, 0.5) is 0 Å². The highest BCUT2D eigenvalue weighted by Gasteiger charge is 2.59. The number of aliphatic hydroxyl groups is 2. The molecule has 0 radical (unpaired) electrons. The number of hydrogen-bond acceptors (Lipinski definition) is 7. The maximum atomic E-state index is 13.4. The van der Waals surface area contributed by atoms with Gasteiger partial charge in [-0.25, -0.2) is 0 Å². The van der Waals surface area contributed by atoms with Crippen molar-refractivity contribution in [2.24, 2.45) is 23.3 Å². The number of ether oxygens (including phenoxy) is 2. The summed E-state index contributed by atoms with van der Waals surface area (Å²) in [6.45, 7) is 3.04. The highest BCUT2D eigenvalue weighted by Crippen LogP contribution is 2.37. The van der Waals surface area contributed by atoms with Gasteiger partial charge in [-0.2, -0.15) is 0 Å². The number of carbonyl (C=O) groups is 3. The summed E-state index contributed by atoms with van der Waals surface area (Å²) in [6, 6.07) is 17.6. The second-order valence-electron chi connectivity index (χ2n) is 9.99. The summed E-state index contributed by atoms with van der Waals surface area (Å²) >= 11 is 0. The third-order valence-electron chi connectivity index (χ3n) is 6.67. The maximum Gasteiger partial charge on any atom is 0.253 e. The zero-order valence-corrected chi connectivity index (χ0v) is 21.7. The Morgan fingerprint density at radius 2 is 1.47 bits per heavy atom. The number of hydrogen-bond donors (Lipinski definition) is 5. The summed E-state index contributed by atoms with van der Waals surface area (Å²) in [5.74, 6) is -4.66. The van der Waals surface area contributed by atoms with Crippen molar-refractivity contribution in [2.75, 3.05) is 0 Å². The Morgan fingerprint density at radius 1 is 0.947 bits per heavy atom. The minimum Gasteiger partial charge on any atom is -0.387 e. The van der Waals surface area contributed by atoms with Gasteiger partial charge in [0.15, 0.2) is 11.7 Å². The van der Waals surface area contributed by atoms with Gasteiger partial charge in [0, 0.05) is 6.04 Å². The number of amides is 3. The first-order valence-electron chi connectivity index (χ1n) is 12.7. The van der Waals surface area contributed by atoms with Gasteiger partial charge in [-0.15, -0.1) is 0 Å². The number of benzene rings is 2. The molecule has 7 N–H and O–H groups in total. The first-order chi connectivity index (χ1) is 18.1. The van der Waals surface area contributed by atoms with E-state index in [2.05, 4.69) is 5.32 Å². The molecule has 10 nitrogen and oxygen atoms in total. The first kappa shape index (κ1) is 29.2. The van der Waals surface area contributed by atoms with Crippen LogP contribution in [0.3, 0.4) is 0 Å². The van der Waals surface area contributed by atoms with E-state index in [0.717, 1.165) is 12.8 Å². The van der Waals surface area contributed by atoms with Gasteiger partial charge < -0.3 is 36.5 Å². The topological polar surface area (TPSA) is 174 Å². The molecule has 0 aromatic heterocycles. The lowest BCUT2D eigenvalue weighted by atomic mass is 9.72. The number of primary amides is 2. The molecule has 0 heterocycles. The molecular weight excluding hydrogens is 490 g/mol. The van der Waals surface area contributed by atoms with Crippen LogP contribution in [-0.2, 0) is 37.1 Å². The summed E-state index contributed by atoms with van der Waals surface area (Å²) in [7, 11) is 0. The van der Waals surface area contributed by atoms with Gasteiger partial charge in [-0.3, -0.25) is 14.4 Å². The fourth-order valence-electron chi connectivity index (χ4n) is 4.55. The zero-order chi connectivity index (χ0) is 27.9. The van der Waals surface area contributed by atoms with Gasteiger partial charge in [0.2, 0.25) is 11.8 Å². The van der Waals surface area contributed by atoms with E-state index >= 15 is 0 Å². The van der Waals surface area contributed by atoms with E-state index in [1.54, 1.807) is 74.5 Å². The Kier molecular flexibility index (Phi) is 9.98. The summed E-state index contributed by atoms with van der Waals surface area (Å²) < 4.78 is 11.6. The molecule has 10 heteroatoms. The van der Waals surface area contributed by atoms with Gasteiger partial charge in [-0.05, 0) is 29.9 Å². The monoisotopic (exact) mass is 527 g/mol. The lowest BCUT2D eigenvalue weighted by Gasteiger charge is -2.44. The van der Waals surface area contributed by atoms with Gasteiger partial charge in [0.25, 0.3) is 5.91 Å². The molecule has 206 valence electrons. The first-order valence-corrected chi connectivity index (χ1v) is 12.7. The largest absolute Gasteiger partial charge is 0.387 e. The molecule has 3 amide bonds. The second kappa shape index (κ2) is 13.0. The number of carbonyl (C=O) groups excluding carboxylic acids is 3. The molecule has 2 aromatic carbocycles. The van der Waals surface area contributed by atoms with Crippen molar-refractivity contribution in [3.63, 3.8) is 0 Å². The number of rotatable bonds is 15. The van der Waals surface area contributed by atoms with E-state index in [9.17, 15) is 24.6 Å². The molecule has 1 fully saturated rings. The van der Waals surface area contributed by atoms with Crippen molar-refractivity contribution >= 4 is 17.7 Å². The van der Waals surface area contributed by atoms with Crippen LogP contribution >= 0.6 is 0 Å². The molecule has 0 spiro atoms. The summed E-state index contributed by atoms with van der Waals surface area (Å²) in [5, 5.41) is 25.6. The van der Waals surface area contributed by atoms with Crippen LogP contribution in [-0.4, -0.2) is 57.9 Å². The smallest absolute Gasteiger partial charge is 0.253 e. The van der Waals surface area contributed by atoms with Crippen molar-refractivity contribution in [3.05, 3.63) is 71.8 Å². The van der Waals surface area contributed by atoms with Crippen molar-refractivity contribution < 1.29 is 34.1 Å². The van der Waals surface area contributed by atoms with Gasteiger partial charge >= 0.3 is 0 Å². The third-order valence-corrected chi connectivity index (χ3v) is 6.67. The van der Waals surface area contributed by atoms with Gasteiger partial charge in [-0.1, -0.05) is 74.5 Å². The van der Waals surface area contributed by atoms with Crippen LogP contribution in [0.15, 0.2) is 60.7 Å². The average Bonchev–Trinajstić information content (AvgIpc) is 3.70. The normalized spacial score (nSPS) is 18.1. The lowest BCUT2D eigenvalue weighted by molar-refractivity contribution is -0.215. The molecule has 0 unspecified atom stereocenters. The molecule has 0 aliphatic heterocycles. The summed E-state index contributed by atoms with van der Waals surface area (Å²) in [6.07, 6.45) is -4.35. The second-order valence-corrected chi connectivity index (χ2v) is 9.99. The van der Waals surface area contributed by atoms with Crippen molar-refractivity contribution in [3.8, 4) is 0 Å². The van der Waals surface area contributed by atoms with Crippen molar-refractivity contribution in [1.29, 1.82) is 0 Å². The highest BCUT2D eigenvalue weighted by molar-refractivity contribution is 5.93. The van der Waals surface area contributed by atoms with Crippen molar-refractivity contribution in [2.45, 2.75) is 69.9 Å². The van der Waals surface area contributed by atoms with E-state index in [-0.39, 0.29) is 19.3 Å². The minimum atomic E-state index is -2.42. The predicted molar refractivity (Wildman–Crippen MR) is 139 cm³/mol. The third kappa shape index (κ3) is 6.96. The van der Waals surface area contributed by atoms with Gasteiger partial charge in [0.05, 0.1) is 19.1 Å². The highest BCUT2D eigenvalue weighted by atomic mass is 16.5. The van der Waals surface area contributed by atoms with E-state index in [1.165, 1.54) is 0 Å². The molecule has 1 saturated carbocycles. The van der Waals surface area contributed by atoms with Crippen LogP contribution in [0.5, 0.6) is 0 Å². The van der Waals surface area contributed by atoms with E-state index in [1.807, 2.05) is 0 Å². The minimum absolute atomic E-state index is 0.0573. The molecule has 5 atom stereocenters. The Morgan fingerprint density at radius 3 is 1.92 bits per heavy atom. The molecule has 0 bridgehead atoms. The van der Waals surface area contributed by atoms with Crippen LogP contribution in [0.25, 0.3) is 0 Å². The Hall–Kier alpha value is -3.31. The van der Waals surface area contributed by atoms with E-state index in [4.69, 9.17) is 20.9 Å². The fraction of sp³-hybridized carbons (Fsp3) is 0.464. The Labute approximate surface area is 222 Å². The van der Waals surface area contributed by atoms with Crippen LogP contribution in [0.2, 0.25) is 0 Å².